The average molecular weight is 888 g/mol. The predicted octanol–water partition coefficient (Wildman–Crippen LogP) is 15.4. The Bertz CT molecular complexity index is 3490. The molecule has 0 amide bonds. The molecule has 9 aromatic rings. The molecule has 4 nitrogen and oxygen atoms in total. The van der Waals surface area contributed by atoms with Gasteiger partial charge in [-0.3, -0.25) is 0 Å². The van der Waals surface area contributed by atoms with E-state index in [1.54, 1.807) is 0 Å². The third-order valence-corrected chi connectivity index (χ3v) is 15.8. The molecule has 0 saturated carbocycles. The molecular formula is C63H62BN3O. The van der Waals surface area contributed by atoms with Crippen LogP contribution in [0.15, 0.2) is 156 Å². The monoisotopic (exact) mass is 887 g/mol. The lowest BCUT2D eigenvalue weighted by Crippen LogP contribution is -2.61. The van der Waals surface area contributed by atoms with Crippen molar-refractivity contribution in [2.24, 2.45) is 0 Å². The third kappa shape index (κ3) is 6.34. The minimum absolute atomic E-state index is 0.00587. The number of para-hydroxylation sites is 2. The van der Waals surface area contributed by atoms with Gasteiger partial charge < -0.3 is 18.8 Å². The van der Waals surface area contributed by atoms with Gasteiger partial charge in [0, 0.05) is 39.4 Å². The van der Waals surface area contributed by atoms with Gasteiger partial charge in [0.25, 0.3) is 6.71 Å². The highest BCUT2D eigenvalue weighted by atomic mass is 16.3. The van der Waals surface area contributed by atoms with Gasteiger partial charge in [0.05, 0.1) is 11.2 Å². The Morgan fingerprint density at radius 2 is 1.13 bits per heavy atom. The van der Waals surface area contributed by atoms with Crippen molar-refractivity contribution < 1.29 is 4.42 Å². The zero-order valence-corrected chi connectivity index (χ0v) is 41.7. The summed E-state index contributed by atoms with van der Waals surface area (Å²) in [7, 11) is 0. The number of aryl methyl sites for hydroxylation is 1. The minimum atomic E-state index is -0.183. The zero-order valence-electron chi connectivity index (χ0n) is 41.7. The summed E-state index contributed by atoms with van der Waals surface area (Å²) in [6.45, 7) is 25.8. The highest BCUT2D eigenvalue weighted by Crippen LogP contribution is 2.54. The van der Waals surface area contributed by atoms with Crippen molar-refractivity contribution in [2.45, 2.75) is 111 Å². The number of benzene rings is 7. The van der Waals surface area contributed by atoms with Crippen LogP contribution in [-0.2, 0) is 21.7 Å². The molecule has 2 aromatic heterocycles. The lowest BCUT2D eigenvalue weighted by atomic mass is 9.35. The van der Waals surface area contributed by atoms with Crippen LogP contribution in [0.3, 0.4) is 0 Å². The quantitative estimate of drug-likeness (QED) is 0.165. The molecule has 3 aliphatic rings. The summed E-state index contributed by atoms with van der Waals surface area (Å²) in [6, 6.07) is 57.4. The molecule has 0 spiro atoms. The van der Waals surface area contributed by atoms with E-state index in [-0.39, 0.29) is 28.4 Å². The molecule has 0 unspecified atom stereocenters. The van der Waals surface area contributed by atoms with E-state index in [9.17, 15) is 0 Å². The predicted molar refractivity (Wildman–Crippen MR) is 290 cm³/mol. The third-order valence-electron chi connectivity index (χ3n) is 15.8. The van der Waals surface area contributed by atoms with Crippen LogP contribution in [0, 0.1) is 6.92 Å². The van der Waals surface area contributed by atoms with Crippen LogP contribution in [0.25, 0.3) is 38.8 Å². The maximum absolute atomic E-state index is 7.68. The fourth-order valence-corrected chi connectivity index (χ4v) is 11.9. The van der Waals surface area contributed by atoms with E-state index in [1.807, 2.05) is 0 Å². The summed E-state index contributed by atoms with van der Waals surface area (Å²) in [5, 5.41) is 1.11. The van der Waals surface area contributed by atoms with Crippen molar-refractivity contribution in [1.29, 1.82) is 0 Å². The van der Waals surface area contributed by atoms with Gasteiger partial charge in [-0.15, -0.1) is 0 Å². The molecule has 5 heteroatoms. The SMILES string of the molecule is Cc1cc2c3c(c1)N(c1ccc(C(C)(C)C)cc1)c1c(oc4c5ccccc5n(-c5ccccc5)c14)B3c1cc(C(C)(C)C)ccc1N2c1cc2c(cc1-c1ccccc1)C(C)(C)CCC2(C)C. The normalized spacial score (nSPS) is 15.9. The largest absolute Gasteiger partial charge is 0.466 e. The summed E-state index contributed by atoms with van der Waals surface area (Å²) in [4.78, 5) is 5.18. The zero-order chi connectivity index (χ0) is 47.2. The molecule has 12 rings (SSSR count). The summed E-state index contributed by atoms with van der Waals surface area (Å²) >= 11 is 0. The smallest absolute Gasteiger partial charge is 0.297 e. The molecular weight excluding hydrogens is 826 g/mol. The standard InChI is InChI=1S/C63H62BN3O/c1-39-34-53-55-54(35-39)67(52-38-48-47(62(8,9)32-33-63(48,10)11)37-46(52)40-20-14-12-15-21-40)51-31-28-42(61(5,6)7)36-49(51)64(55)59-57(66(53)44-29-26-41(27-30-44)60(2,3)4)56-58(68-59)45-24-18-19-25-50(45)65(56)43-22-16-13-17-23-43/h12-31,34-38H,32-33H2,1-11H3. The van der Waals surface area contributed by atoms with Gasteiger partial charge in [-0.1, -0.05) is 154 Å². The molecule has 338 valence electrons. The van der Waals surface area contributed by atoms with E-state index in [0.717, 1.165) is 57.6 Å². The van der Waals surface area contributed by atoms with E-state index in [0.29, 0.717) is 0 Å². The Kier molecular flexibility index (Phi) is 9.18. The molecule has 7 aromatic carbocycles. The summed E-state index contributed by atoms with van der Waals surface area (Å²) in [6.07, 6.45) is 2.30. The Labute approximate surface area is 403 Å². The minimum Gasteiger partial charge on any atom is -0.466 e. The van der Waals surface area contributed by atoms with E-state index < -0.39 is 0 Å². The van der Waals surface area contributed by atoms with Crippen molar-refractivity contribution >= 4 is 79.4 Å². The van der Waals surface area contributed by atoms with Gasteiger partial charge in [-0.25, -0.2) is 0 Å². The first-order valence-electron chi connectivity index (χ1n) is 24.8. The second kappa shape index (κ2) is 14.6. The van der Waals surface area contributed by atoms with E-state index in [2.05, 4.69) is 242 Å². The number of nitrogens with zero attached hydrogens (tertiary/aromatic N) is 3. The van der Waals surface area contributed by atoms with E-state index >= 15 is 0 Å². The van der Waals surface area contributed by atoms with Crippen molar-refractivity contribution in [2.75, 3.05) is 9.80 Å². The number of aromatic nitrogens is 1. The summed E-state index contributed by atoms with van der Waals surface area (Å²) in [5.74, 6) is 0. The fraction of sp³-hybridized carbons (Fsp3) is 0.270. The Morgan fingerprint density at radius 3 is 1.79 bits per heavy atom. The van der Waals surface area contributed by atoms with Gasteiger partial charge in [-0.2, -0.15) is 0 Å². The van der Waals surface area contributed by atoms with Crippen LogP contribution in [0.4, 0.5) is 34.1 Å². The van der Waals surface area contributed by atoms with Gasteiger partial charge in [0.1, 0.15) is 16.9 Å². The Balaban J connectivity index is 1.23. The molecule has 0 bridgehead atoms. The number of furan rings is 1. The molecule has 4 heterocycles. The van der Waals surface area contributed by atoms with Crippen molar-refractivity contribution in [3.63, 3.8) is 0 Å². The average Bonchev–Trinajstić information content (AvgIpc) is 3.85. The van der Waals surface area contributed by atoms with E-state index in [1.165, 1.54) is 72.6 Å². The molecule has 68 heavy (non-hydrogen) atoms. The van der Waals surface area contributed by atoms with Gasteiger partial charge in [0.15, 0.2) is 5.58 Å². The second-order valence-corrected chi connectivity index (χ2v) is 23.4. The second-order valence-electron chi connectivity index (χ2n) is 23.4. The van der Waals surface area contributed by atoms with Crippen LogP contribution in [0.1, 0.15) is 110 Å². The fourth-order valence-electron chi connectivity index (χ4n) is 11.9. The molecule has 0 fully saturated rings. The Morgan fingerprint density at radius 1 is 0.544 bits per heavy atom. The first-order chi connectivity index (χ1) is 32.4. The number of hydrogen-bond acceptors (Lipinski definition) is 3. The lowest BCUT2D eigenvalue weighted by molar-refractivity contribution is 0.332. The first kappa shape index (κ1) is 42.6. The highest BCUT2D eigenvalue weighted by Gasteiger charge is 2.49. The van der Waals surface area contributed by atoms with Crippen molar-refractivity contribution in [1.82, 2.24) is 4.57 Å². The maximum Gasteiger partial charge on any atom is 0.297 e. The topological polar surface area (TPSA) is 24.6 Å². The van der Waals surface area contributed by atoms with Crippen LogP contribution in [-0.4, -0.2) is 11.3 Å². The maximum atomic E-state index is 7.68. The number of hydrogen-bond donors (Lipinski definition) is 0. The van der Waals surface area contributed by atoms with Gasteiger partial charge in [-0.05, 0) is 152 Å². The molecule has 2 aliphatic heterocycles. The molecule has 0 radical (unpaired) electrons. The molecule has 0 atom stereocenters. The van der Waals surface area contributed by atoms with Crippen LogP contribution in [0.5, 0.6) is 0 Å². The number of fused-ring (bicyclic) bond motifs is 9. The van der Waals surface area contributed by atoms with Crippen LogP contribution >= 0.6 is 0 Å². The Hall–Kier alpha value is -6.72. The lowest BCUT2D eigenvalue weighted by Gasteiger charge is -2.45. The first-order valence-corrected chi connectivity index (χ1v) is 24.8. The highest BCUT2D eigenvalue weighted by molar-refractivity contribution is 7.00. The molecule has 0 saturated heterocycles. The van der Waals surface area contributed by atoms with Crippen molar-refractivity contribution in [3.05, 3.63) is 179 Å². The van der Waals surface area contributed by atoms with Crippen LogP contribution < -0.4 is 26.4 Å². The van der Waals surface area contributed by atoms with Crippen molar-refractivity contribution in [3.8, 4) is 16.8 Å². The van der Waals surface area contributed by atoms with E-state index in [4.69, 9.17) is 4.42 Å². The molecule has 1 aliphatic carbocycles. The molecule has 0 N–H and O–H groups in total. The summed E-state index contributed by atoms with van der Waals surface area (Å²) < 4.78 is 10.1. The summed E-state index contributed by atoms with van der Waals surface area (Å²) in [5.41, 5.74) is 24.0. The van der Waals surface area contributed by atoms with Crippen LogP contribution in [0.2, 0.25) is 0 Å². The number of anilines is 6. The van der Waals surface area contributed by atoms with Gasteiger partial charge in [0.2, 0.25) is 0 Å². The van der Waals surface area contributed by atoms with Gasteiger partial charge >= 0.3 is 0 Å². The number of rotatable bonds is 4.